The van der Waals surface area contributed by atoms with Crippen molar-refractivity contribution in [2.75, 3.05) is 19.6 Å². The monoisotopic (exact) mass is 240 g/mol. The van der Waals surface area contributed by atoms with Gasteiger partial charge in [0.1, 0.15) is 0 Å². The van der Waals surface area contributed by atoms with Gasteiger partial charge in [-0.3, -0.25) is 0 Å². The van der Waals surface area contributed by atoms with Crippen LogP contribution in [-0.4, -0.2) is 36.6 Å². The molecule has 1 unspecified atom stereocenters. The summed E-state index contributed by atoms with van der Waals surface area (Å²) >= 11 is 0. The van der Waals surface area contributed by atoms with Crippen LogP contribution in [0.15, 0.2) is 0 Å². The van der Waals surface area contributed by atoms with Crippen LogP contribution in [0, 0.1) is 5.92 Å². The molecule has 1 rings (SSSR count). The third kappa shape index (κ3) is 5.39. The lowest BCUT2D eigenvalue weighted by Gasteiger charge is -2.32. The van der Waals surface area contributed by atoms with Crippen LogP contribution >= 0.6 is 0 Å². The van der Waals surface area contributed by atoms with Crippen molar-refractivity contribution < 1.29 is 0 Å². The molecule has 0 radical (unpaired) electrons. The molecular weight excluding hydrogens is 208 g/mol. The summed E-state index contributed by atoms with van der Waals surface area (Å²) in [4.78, 5) is 2.51. The van der Waals surface area contributed by atoms with Crippen molar-refractivity contribution in [1.29, 1.82) is 0 Å². The van der Waals surface area contributed by atoms with Crippen LogP contribution in [0.4, 0.5) is 0 Å². The smallest absolute Gasteiger partial charge is 0.0169 e. The summed E-state index contributed by atoms with van der Waals surface area (Å²) < 4.78 is 0. The minimum Gasteiger partial charge on any atom is -0.310 e. The van der Waals surface area contributed by atoms with Gasteiger partial charge in [0.25, 0.3) is 0 Å². The van der Waals surface area contributed by atoms with Gasteiger partial charge in [-0.15, -0.1) is 0 Å². The Morgan fingerprint density at radius 3 is 2.12 bits per heavy atom. The SMILES string of the molecule is CCC1CCC(NC(C)CN(CC)CC)CC1. The normalized spacial score (nSPS) is 27.4. The maximum Gasteiger partial charge on any atom is 0.0169 e. The van der Waals surface area contributed by atoms with E-state index in [0.29, 0.717) is 6.04 Å². The Morgan fingerprint density at radius 2 is 1.65 bits per heavy atom. The van der Waals surface area contributed by atoms with Crippen LogP contribution < -0.4 is 5.32 Å². The fraction of sp³-hybridized carbons (Fsp3) is 1.00. The second kappa shape index (κ2) is 8.10. The number of hydrogen-bond acceptors (Lipinski definition) is 2. The zero-order valence-corrected chi connectivity index (χ0v) is 12.3. The van der Waals surface area contributed by atoms with Crippen molar-refractivity contribution in [2.24, 2.45) is 5.92 Å². The second-order valence-electron chi connectivity index (χ2n) is 5.68. The van der Waals surface area contributed by atoms with Crippen LogP contribution in [0.2, 0.25) is 0 Å². The highest BCUT2D eigenvalue weighted by Gasteiger charge is 2.21. The third-order valence-electron chi connectivity index (χ3n) is 4.37. The first-order chi connectivity index (χ1) is 8.19. The zero-order valence-electron chi connectivity index (χ0n) is 12.3. The first-order valence-corrected chi connectivity index (χ1v) is 7.67. The van der Waals surface area contributed by atoms with E-state index in [9.17, 15) is 0 Å². The van der Waals surface area contributed by atoms with Gasteiger partial charge in [-0.1, -0.05) is 27.2 Å². The highest BCUT2D eigenvalue weighted by Crippen LogP contribution is 2.26. The first-order valence-electron chi connectivity index (χ1n) is 7.67. The fourth-order valence-corrected chi connectivity index (χ4v) is 3.06. The molecule has 1 N–H and O–H groups in total. The molecule has 1 saturated carbocycles. The standard InChI is InChI=1S/C15H32N2/c1-5-14-8-10-15(11-9-14)16-13(4)12-17(6-2)7-3/h13-16H,5-12H2,1-4H3. The van der Waals surface area contributed by atoms with Crippen molar-refractivity contribution in [3.05, 3.63) is 0 Å². The lowest BCUT2D eigenvalue weighted by atomic mass is 9.84. The predicted octanol–water partition coefficient (Wildman–Crippen LogP) is 3.28. The van der Waals surface area contributed by atoms with Gasteiger partial charge in [-0.05, 0) is 51.6 Å². The topological polar surface area (TPSA) is 15.3 Å². The Hall–Kier alpha value is -0.0800. The van der Waals surface area contributed by atoms with Crippen LogP contribution in [0.5, 0.6) is 0 Å². The number of nitrogens with zero attached hydrogens (tertiary/aromatic N) is 1. The molecule has 0 aromatic carbocycles. The van der Waals surface area contributed by atoms with Crippen molar-refractivity contribution in [1.82, 2.24) is 10.2 Å². The summed E-state index contributed by atoms with van der Waals surface area (Å²) in [6, 6.07) is 1.42. The molecule has 0 aromatic rings. The minimum absolute atomic E-state index is 0.637. The highest BCUT2D eigenvalue weighted by molar-refractivity contribution is 4.79. The predicted molar refractivity (Wildman–Crippen MR) is 76.4 cm³/mol. The molecule has 0 bridgehead atoms. The third-order valence-corrected chi connectivity index (χ3v) is 4.37. The number of nitrogens with one attached hydrogen (secondary N) is 1. The lowest BCUT2D eigenvalue weighted by molar-refractivity contribution is 0.230. The summed E-state index contributed by atoms with van der Waals surface area (Å²) in [6.45, 7) is 12.7. The van der Waals surface area contributed by atoms with Gasteiger partial charge in [-0.25, -0.2) is 0 Å². The van der Waals surface area contributed by atoms with Gasteiger partial charge >= 0.3 is 0 Å². The summed E-state index contributed by atoms with van der Waals surface area (Å²) in [6.07, 6.45) is 7.03. The lowest BCUT2D eigenvalue weighted by Crippen LogP contribution is -2.45. The van der Waals surface area contributed by atoms with E-state index in [-0.39, 0.29) is 0 Å². The molecule has 1 aliphatic rings. The average Bonchev–Trinajstić information content (AvgIpc) is 2.37. The number of hydrogen-bond donors (Lipinski definition) is 1. The van der Waals surface area contributed by atoms with Crippen LogP contribution in [0.3, 0.4) is 0 Å². The van der Waals surface area contributed by atoms with Gasteiger partial charge in [0.15, 0.2) is 0 Å². The summed E-state index contributed by atoms with van der Waals surface area (Å²) in [5, 5.41) is 3.82. The van der Waals surface area contributed by atoms with E-state index in [1.165, 1.54) is 51.7 Å². The molecule has 2 heteroatoms. The van der Waals surface area contributed by atoms with Crippen molar-refractivity contribution >= 4 is 0 Å². The van der Waals surface area contributed by atoms with Gasteiger partial charge in [0.2, 0.25) is 0 Å². The molecule has 17 heavy (non-hydrogen) atoms. The Bertz CT molecular complexity index is 181. The fourth-order valence-electron chi connectivity index (χ4n) is 3.06. The van der Waals surface area contributed by atoms with Crippen LogP contribution in [0.1, 0.15) is 59.8 Å². The molecule has 0 aliphatic heterocycles. The molecule has 2 nitrogen and oxygen atoms in total. The van der Waals surface area contributed by atoms with Gasteiger partial charge in [0.05, 0.1) is 0 Å². The molecule has 1 aliphatic carbocycles. The maximum absolute atomic E-state index is 3.82. The van der Waals surface area contributed by atoms with Crippen molar-refractivity contribution in [3.8, 4) is 0 Å². The van der Waals surface area contributed by atoms with Gasteiger partial charge in [0, 0.05) is 18.6 Å². The van der Waals surface area contributed by atoms with E-state index in [1.54, 1.807) is 0 Å². The number of likely N-dealkylation sites (N-methyl/N-ethyl adjacent to an activating group) is 1. The highest BCUT2D eigenvalue weighted by atomic mass is 15.1. The zero-order chi connectivity index (χ0) is 12.7. The van der Waals surface area contributed by atoms with Crippen molar-refractivity contribution in [3.63, 3.8) is 0 Å². The first kappa shape index (κ1) is 15.0. The Morgan fingerprint density at radius 1 is 1.06 bits per heavy atom. The van der Waals surface area contributed by atoms with E-state index >= 15 is 0 Å². The van der Waals surface area contributed by atoms with E-state index in [1.807, 2.05) is 0 Å². The maximum atomic E-state index is 3.82. The summed E-state index contributed by atoms with van der Waals surface area (Å²) in [5.41, 5.74) is 0. The summed E-state index contributed by atoms with van der Waals surface area (Å²) in [7, 11) is 0. The quantitative estimate of drug-likeness (QED) is 0.735. The molecule has 0 aromatic heterocycles. The van der Waals surface area contributed by atoms with E-state index < -0.39 is 0 Å². The molecule has 0 spiro atoms. The second-order valence-corrected chi connectivity index (χ2v) is 5.68. The molecule has 1 atom stereocenters. The van der Waals surface area contributed by atoms with Crippen molar-refractivity contribution in [2.45, 2.75) is 71.9 Å². The Balaban J connectivity index is 2.20. The largest absolute Gasteiger partial charge is 0.310 e. The van der Waals surface area contributed by atoms with E-state index in [2.05, 4.69) is 37.9 Å². The molecule has 0 heterocycles. The average molecular weight is 240 g/mol. The Labute approximate surface area is 108 Å². The van der Waals surface area contributed by atoms with Crippen LogP contribution in [0.25, 0.3) is 0 Å². The molecule has 102 valence electrons. The Kier molecular flexibility index (Phi) is 7.14. The molecule has 0 saturated heterocycles. The minimum atomic E-state index is 0.637. The summed E-state index contributed by atoms with van der Waals surface area (Å²) in [5.74, 6) is 1.01. The van der Waals surface area contributed by atoms with Gasteiger partial charge < -0.3 is 10.2 Å². The molecule has 1 fully saturated rings. The number of rotatable bonds is 7. The van der Waals surface area contributed by atoms with E-state index in [4.69, 9.17) is 0 Å². The van der Waals surface area contributed by atoms with E-state index in [0.717, 1.165) is 12.0 Å². The molecular formula is C15H32N2. The van der Waals surface area contributed by atoms with Gasteiger partial charge in [-0.2, -0.15) is 0 Å². The molecule has 0 amide bonds. The van der Waals surface area contributed by atoms with Crippen LogP contribution in [-0.2, 0) is 0 Å².